The molecule has 1 aromatic heterocycles. The highest BCUT2D eigenvalue weighted by molar-refractivity contribution is 6.03. The van der Waals surface area contributed by atoms with Crippen molar-refractivity contribution < 1.29 is 19.7 Å². The van der Waals surface area contributed by atoms with Crippen LogP contribution < -0.4 is 10.9 Å². The Kier molecular flexibility index (Phi) is 4.93. The lowest BCUT2D eigenvalue weighted by Crippen LogP contribution is -2.26. The van der Waals surface area contributed by atoms with Crippen molar-refractivity contribution in [3.05, 3.63) is 58.0 Å². The average Bonchev–Trinajstić information content (AvgIpc) is 2.99. The molecule has 132 valence electrons. The number of hydrogen-bond donors (Lipinski definition) is 3. The van der Waals surface area contributed by atoms with Gasteiger partial charge in [-0.1, -0.05) is 18.2 Å². The molecule has 1 aromatic carbocycles. The summed E-state index contributed by atoms with van der Waals surface area (Å²) in [7, 11) is 0. The van der Waals surface area contributed by atoms with Crippen LogP contribution in [-0.2, 0) is 4.74 Å². The van der Waals surface area contributed by atoms with Crippen LogP contribution in [0.4, 0.5) is 5.95 Å². The molecule has 1 aliphatic rings. The number of hydrogen-bond acceptors (Lipinski definition) is 6. The van der Waals surface area contributed by atoms with Gasteiger partial charge in [0.2, 0.25) is 5.95 Å². The number of aliphatic hydroxyl groups is 2. The Morgan fingerprint density at radius 3 is 2.76 bits per heavy atom. The van der Waals surface area contributed by atoms with Gasteiger partial charge in [-0.3, -0.25) is 19.5 Å². The fourth-order valence-electron chi connectivity index (χ4n) is 2.69. The van der Waals surface area contributed by atoms with Gasteiger partial charge >= 0.3 is 0 Å². The number of aryl methyl sites for hydroxylation is 1. The number of aliphatic hydroxyl groups excluding tert-OH is 2. The van der Waals surface area contributed by atoms with Crippen molar-refractivity contribution in [2.45, 2.75) is 31.8 Å². The topological polar surface area (TPSA) is 114 Å². The molecule has 2 heterocycles. The van der Waals surface area contributed by atoms with E-state index in [1.807, 2.05) is 0 Å². The molecule has 0 unspecified atom stereocenters. The van der Waals surface area contributed by atoms with Gasteiger partial charge in [-0.05, 0) is 19.1 Å². The number of aromatic nitrogens is 2. The third kappa shape index (κ3) is 3.60. The average molecular weight is 345 g/mol. The van der Waals surface area contributed by atoms with E-state index in [0.717, 1.165) is 0 Å². The largest absolute Gasteiger partial charge is 0.394 e. The van der Waals surface area contributed by atoms with E-state index < -0.39 is 29.9 Å². The minimum Gasteiger partial charge on any atom is -0.394 e. The van der Waals surface area contributed by atoms with Crippen LogP contribution in [0.3, 0.4) is 0 Å². The zero-order valence-electron chi connectivity index (χ0n) is 13.6. The highest BCUT2D eigenvalue weighted by atomic mass is 16.5. The number of nitrogens with zero attached hydrogens (tertiary/aromatic N) is 2. The monoisotopic (exact) mass is 345 g/mol. The predicted molar refractivity (Wildman–Crippen MR) is 89.2 cm³/mol. The zero-order valence-corrected chi connectivity index (χ0v) is 13.6. The van der Waals surface area contributed by atoms with E-state index in [-0.39, 0.29) is 19.0 Å². The summed E-state index contributed by atoms with van der Waals surface area (Å²) in [5.41, 5.74) is 0.338. The van der Waals surface area contributed by atoms with Gasteiger partial charge in [-0.2, -0.15) is 4.98 Å². The van der Waals surface area contributed by atoms with Crippen molar-refractivity contribution in [1.82, 2.24) is 9.55 Å². The Bertz CT molecular complexity index is 821. The van der Waals surface area contributed by atoms with Crippen LogP contribution >= 0.6 is 0 Å². The summed E-state index contributed by atoms with van der Waals surface area (Å²) in [6.07, 6.45) is -0.476. The molecule has 0 spiro atoms. The Morgan fingerprint density at radius 1 is 1.40 bits per heavy atom. The number of rotatable bonds is 4. The summed E-state index contributed by atoms with van der Waals surface area (Å²) < 4.78 is 7.10. The Labute approximate surface area is 143 Å². The van der Waals surface area contributed by atoms with Gasteiger partial charge in [0.25, 0.3) is 11.5 Å². The van der Waals surface area contributed by atoms with Crippen LogP contribution in [0, 0.1) is 6.92 Å². The molecule has 0 saturated carbocycles. The standard InChI is InChI=1S/C17H19N3O5/c1-10-8-20(14-7-12(22)13(9-21)25-14)17(18-15(10)23)19-16(24)11-5-3-2-4-6-11/h2-6,8,12-14,21-22H,7,9H2,1H3,(H,18,19,23,24)/t12-,13+,14+/m0/s1. The molecule has 0 radical (unpaired) electrons. The Balaban J connectivity index is 1.92. The molecule has 25 heavy (non-hydrogen) atoms. The van der Waals surface area contributed by atoms with Crippen molar-refractivity contribution in [2.24, 2.45) is 0 Å². The number of carbonyl (C=O) groups is 1. The summed E-state index contributed by atoms with van der Waals surface area (Å²) in [6, 6.07) is 8.53. The second-order valence-electron chi connectivity index (χ2n) is 5.89. The Hall–Kier alpha value is -2.55. The number of amides is 1. The molecule has 3 atom stereocenters. The molecule has 3 N–H and O–H groups in total. The lowest BCUT2D eigenvalue weighted by molar-refractivity contribution is -0.0441. The summed E-state index contributed by atoms with van der Waals surface area (Å²) in [4.78, 5) is 28.2. The van der Waals surface area contributed by atoms with Gasteiger partial charge in [-0.25, -0.2) is 0 Å². The third-order valence-corrected chi connectivity index (χ3v) is 4.08. The van der Waals surface area contributed by atoms with Crippen LogP contribution in [-0.4, -0.2) is 44.5 Å². The first kappa shape index (κ1) is 17.3. The van der Waals surface area contributed by atoms with Gasteiger partial charge in [-0.15, -0.1) is 0 Å². The minimum atomic E-state index is -0.840. The molecule has 1 amide bonds. The van der Waals surface area contributed by atoms with Crippen LogP contribution in [0.5, 0.6) is 0 Å². The van der Waals surface area contributed by atoms with E-state index in [4.69, 9.17) is 4.74 Å². The molecular formula is C17H19N3O5. The zero-order chi connectivity index (χ0) is 18.0. The molecule has 1 fully saturated rings. The fraction of sp³-hybridized carbons (Fsp3) is 0.353. The first-order chi connectivity index (χ1) is 12.0. The maximum absolute atomic E-state index is 12.4. The second kappa shape index (κ2) is 7.14. The maximum atomic E-state index is 12.4. The molecule has 0 bridgehead atoms. The number of carbonyl (C=O) groups excluding carboxylic acids is 1. The molecule has 3 rings (SSSR count). The van der Waals surface area contributed by atoms with E-state index in [1.165, 1.54) is 10.8 Å². The quantitative estimate of drug-likeness (QED) is 0.741. The highest BCUT2D eigenvalue weighted by Gasteiger charge is 2.35. The summed E-state index contributed by atoms with van der Waals surface area (Å²) in [5, 5.41) is 21.8. The minimum absolute atomic E-state index is 0.0280. The van der Waals surface area contributed by atoms with Gasteiger partial charge in [0, 0.05) is 23.7 Å². The Morgan fingerprint density at radius 2 is 2.12 bits per heavy atom. The van der Waals surface area contributed by atoms with Gasteiger partial charge in [0.1, 0.15) is 12.3 Å². The first-order valence-corrected chi connectivity index (χ1v) is 7.90. The van der Waals surface area contributed by atoms with E-state index in [9.17, 15) is 19.8 Å². The smallest absolute Gasteiger partial charge is 0.277 e. The van der Waals surface area contributed by atoms with Crippen molar-refractivity contribution in [3.8, 4) is 0 Å². The van der Waals surface area contributed by atoms with Crippen LogP contribution in [0.15, 0.2) is 41.3 Å². The molecule has 0 aliphatic carbocycles. The lowest BCUT2D eigenvalue weighted by atomic mass is 10.2. The number of ether oxygens (including phenoxy) is 1. The number of nitrogens with one attached hydrogen (secondary N) is 1. The van der Waals surface area contributed by atoms with E-state index >= 15 is 0 Å². The van der Waals surface area contributed by atoms with Crippen molar-refractivity contribution in [2.75, 3.05) is 11.9 Å². The first-order valence-electron chi connectivity index (χ1n) is 7.90. The van der Waals surface area contributed by atoms with Crippen LogP contribution in [0.25, 0.3) is 0 Å². The van der Waals surface area contributed by atoms with E-state index in [0.29, 0.717) is 11.1 Å². The van der Waals surface area contributed by atoms with E-state index in [1.54, 1.807) is 37.3 Å². The van der Waals surface area contributed by atoms with Gasteiger partial charge < -0.3 is 14.9 Å². The molecular weight excluding hydrogens is 326 g/mol. The number of benzene rings is 1. The van der Waals surface area contributed by atoms with Crippen LogP contribution in [0.1, 0.15) is 28.6 Å². The fourth-order valence-corrected chi connectivity index (χ4v) is 2.69. The summed E-state index contributed by atoms with van der Waals surface area (Å²) in [6.45, 7) is 1.28. The highest BCUT2D eigenvalue weighted by Crippen LogP contribution is 2.30. The number of anilines is 1. The SMILES string of the molecule is Cc1cn([C@H]2C[C@H](O)[C@@H](CO)O2)c(NC(=O)c2ccccc2)nc1=O. The molecule has 8 nitrogen and oxygen atoms in total. The molecule has 8 heteroatoms. The maximum Gasteiger partial charge on any atom is 0.277 e. The van der Waals surface area contributed by atoms with E-state index in [2.05, 4.69) is 10.3 Å². The second-order valence-corrected chi connectivity index (χ2v) is 5.89. The summed E-state index contributed by atoms with van der Waals surface area (Å²) >= 11 is 0. The summed E-state index contributed by atoms with van der Waals surface area (Å²) in [5.74, 6) is -0.386. The lowest BCUT2D eigenvalue weighted by Gasteiger charge is -2.20. The van der Waals surface area contributed by atoms with Crippen molar-refractivity contribution >= 4 is 11.9 Å². The van der Waals surface area contributed by atoms with Crippen LogP contribution in [0.2, 0.25) is 0 Å². The molecule has 2 aromatic rings. The molecule has 1 aliphatic heterocycles. The van der Waals surface area contributed by atoms with Gasteiger partial charge in [0.15, 0.2) is 0 Å². The molecule has 1 saturated heterocycles. The third-order valence-electron chi connectivity index (χ3n) is 4.08. The van der Waals surface area contributed by atoms with Gasteiger partial charge in [0.05, 0.1) is 12.7 Å². The van der Waals surface area contributed by atoms with Crippen molar-refractivity contribution in [1.29, 1.82) is 0 Å². The predicted octanol–water partition coefficient (Wildman–Crippen LogP) is 0.445. The normalized spacial score (nSPS) is 22.8. The van der Waals surface area contributed by atoms with Crippen molar-refractivity contribution in [3.63, 3.8) is 0 Å².